The summed E-state index contributed by atoms with van der Waals surface area (Å²) in [5.41, 5.74) is 1.26. The summed E-state index contributed by atoms with van der Waals surface area (Å²) in [5, 5.41) is 0. The summed E-state index contributed by atoms with van der Waals surface area (Å²) in [7, 11) is 2.25. The van der Waals surface area contributed by atoms with Gasteiger partial charge in [0.25, 0.3) is 0 Å². The Hall–Kier alpha value is -0.610. The van der Waals surface area contributed by atoms with Crippen molar-refractivity contribution in [3.63, 3.8) is 0 Å². The molecular formula is C17H27N3S. The first kappa shape index (κ1) is 15.3. The molecule has 1 saturated carbocycles. The normalized spacial score (nSPS) is 21.8. The second-order valence-electron chi connectivity index (χ2n) is 6.54. The van der Waals surface area contributed by atoms with Crippen molar-refractivity contribution in [1.29, 1.82) is 0 Å². The summed E-state index contributed by atoms with van der Waals surface area (Å²) in [4.78, 5) is 11.8. The minimum atomic E-state index is 0.612. The zero-order valence-electron chi connectivity index (χ0n) is 13.1. The predicted octanol–water partition coefficient (Wildman–Crippen LogP) is 3.85. The number of aromatic nitrogens is 2. The lowest BCUT2D eigenvalue weighted by molar-refractivity contribution is 0.220. The van der Waals surface area contributed by atoms with Crippen LogP contribution in [-0.2, 0) is 6.54 Å². The molecule has 0 atom stereocenters. The standard InChI is InChI=1S/C17H27N3S/c1-20(16-7-9-21-10-8-16)13-14-11-18-17(19-12-14)15-5-3-2-4-6-15/h11-12,15-16H,2-10,13H2,1H3. The van der Waals surface area contributed by atoms with Gasteiger partial charge in [-0.15, -0.1) is 0 Å². The Morgan fingerprint density at radius 2 is 1.71 bits per heavy atom. The maximum atomic E-state index is 4.66. The van der Waals surface area contributed by atoms with E-state index in [1.807, 2.05) is 0 Å². The van der Waals surface area contributed by atoms with Crippen molar-refractivity contribution in [2.75, 3.05) is 18.6 Å². The molecule has 1 aromatic heterocycles. The second kappa shape index (κ2) is 7.59. The average molecular weight is 305 g/mol. The lowest BCUT2D eigenvalue weighted by Crippen LogP contribution is -2.34. The van der Waals surface area contributed by atoms with Gasteiger partial charge in [-0.05, 0) is 44.2 Å². The third kappa shape index (κ3) is 4.19. The van der Waals surface area contributed by atoms with E-state index in [2.05, 4.69) is 46.1 Å². The van der Waals surface area contributed by atoms with Gasteiger partial charge in [-0.3, -0.25) is 4.90 Å². The maximum Gasteiger partial charge on any atom is 0.131 e. The average Bonchev–Trinajstić information content (AvgIpc) is 2.57. The van der Waals surface area contributed by atoms with E-state index < -0.39 is 0 Å². The lowest BCUT2D eigenvalue weighted by Gasteiger charge is -2.30. The highest BCUT2D eigenvalue weighted by atomic mass is 32.2. The van der Waals surface area contributed by atoms with Gasteiger partial charge in [0.2, 0.25) is 0 Å². The van der Waals surface area contributed by atoms with Crippen LogP contribution in [0.2, 0.25) is 0 Å². The van der Waals surface area contributed by atoms with Crippen molar-refractivity contribution >= 4 is 11.8 Å². The van der Waals surface area contributed by atoms with Crippen LogP contribution >= 0.6 is 11.8 Å². The molecule has 0 bridgehead atoms. The van der Waals surface area contributed by atoms with E-state index in [0.29, 0.717) is 5.92 Å². The van der Waals surface area contributed by atoms with E-state index in [1.165, 1.54) is 62.0 Å². The van der Waals surface area contributed by atoms with Crippen LogP contribution in [0.3, 0.4) is 0 Å². The Bertz CT molecular complexity index is 422. The van der Waals surface area contributed by atoms with Crippen LogP contribution in [0.15, 0.2) is 12.4 Å². The molecule has 1 aliphatic heterocycles. The SMILES string of the molecule is CN(Cc1cnc(C2CCCCC2)nc1)C1CCSCC1. The van der Waals surface area contributed by atoms with E-state index >= 15 is 0 Å². The van der Waals surface area contributed by atoms with Gasteiger partial charge in [-0.25, -0.2) is 9.97 Å². The zero-order chi connectivity index (χ0) is 14.5. The van der Waals surface area contributed by atoms with Crippen LogP contribution in [0.1, 0.15) is 62.3 Å². The van der Waals surface area contributed by atoms with Gasteiger partial charge in [0.05, 0.1) is 0 Å². The van der Waals surface area contributed by atoms with Gasteiger partial charge < -0.3 is 0 Å². The predicted molar refractivity (Wildman–Crippen MR) is 89.7 cm³/mol. The second-order valence-corrected chi connectivity index (χ2v) is 7.77. The fourth-order valence-electron chi connectivity index (χ4n) is 3.56. The van der Waals surface area contributed by atoms with E-state index in [1.54, 1.807) is 0 Å². The van der Waals surface area contributed by atoms with Gasteiger partial charge in [0.1, 0.15) is 5.82 Å². The van der Waals surface area contributed by atoms with E-state index in [-0.39, 0.29) is 0 Å². The summed E-state index contributed by atoms with van der Waals surface area (Å²) in [6, 6.07) is 0.740. The van der Waals surface area contributed by atoms with E-state index in [0.717, 1.165) is 18.4 Å². The molecule has 116 valence electrons. The monoisotopic (exact) mass is 305 g/mol. The minimum Gasteiger partial charge on any atom is -0.299 e. The molecule has 3 nitrogen and oxygen atoms in total. The van der Waals surface area contributed by atoms with Crippen LogP contribution in [0.5, 0.6) is 0 Å². The Morgan fingerprint density at radius 1 is 1.05 bits per heavy atom. The van der Waals surface area contributed by atoms with E-state index in [4.69, 9.17) is 0 Å². The number of hydrogen-bond acceptors (Lipinski definition) is 4. The first-order chi connectivity index (χ1) is 10.3. The number of thioether (sulfide) groups is 1. The van der Waals surface area contributed by atoms with Crippen LogP contribution < -0.4 is 0 Å². The number of nitrogens with zero attached hydrogens (tertiary/aromatic N) is 3. The van der Waals surface area contributed by atoms with Crippen molar-refractivity contribution in [2.24, 2.45) is 0 Å². The van der Waals surface area contributed by atoms with Crippen LogP contribution in [0.4, 0.5) is 0 Å². The van der Waals surface area contributed by atoms with Crippen molar-refractivity contribution in [3.8, 4) is 0 Å². The van der Waals surface area contributed by atoms with E-state index in [9.17, 15) is 0 Å². The van der Waals surface area contributed by atoms with Crippen molar-refractivity contribution < 1.29 is 0 Å². The van der Waals surface area contributed by atoms with Gasteiger partial charge in [-0.1, -0.05) is 19.3 Å². The molecule has 2 fully saturated rings. The van der Waals surface area contributed by atoms with Crippen molar-refractivity contribution in [3.05, 3.63) is 23.8 Å². The molecule has 2 aliphatic rings. The zero-order valence-corrected chi connectivity index (χ0v) is 13.9. The molecule has 0 N–H and O–H groups in total. The smallest absolute Gasteiger partial charge is 0.131 e. The number of hydrogen-bond donors (Lipinski definition) is 0. The highest BCUT2D eigenvalue weighted by molar-refractivity contribution is 7.99. The molecule has 4 heteroatoms. The summed E-state index contributed by atoms with van der Waals surface area (Å²) in [5.74, 6) is 4.31. The van der Waals surface area contributed by atoms with Crippen LogP contribution in [0, 0.1) is 0 Å². The summed E-state index contributed by atoms with van der Waals surface area (Å²) >= 11 is 2.09. The maximum absolute atomic E-state index is 4.66. The molecule has 1 aliphatic carbocycles. The Balaban J connectivity index is 1.56. The summed E-state index contributed by atoms with van der Waals surface area (Å²) < 4.78 is 0. The highest BCUT2D eigenvalue weighted by Gasteiger charge is 2.20. The minimum absolute atomic E-state index is 0.612. The molecule has 21 heavy (non-hydrogen) atoms. The fraction of sp³-hybridized carbons (Fsp3) is 0.765. The molecule has 0 unspecified atom stereocenters. The molecule has 1 aromatic rings. The Morgan fingerprint density at radius 3 is 2.38 bits per heavy atom. The molecule has 2 heterocycles. The number of rotatable bonds is 4. The molecule has 0 aromatic carbocycles. The third-order valence-corrected chi connectivity index (χ3v) is 5.99. The molecule has 3 rings (SSSR count). The topological polar surface area (TPSA) is 29.0 Å². The summed E-state index contributed by atoms with van der Waals surface area (Å²) in [6.45, 7) is 0.986. The first-order valence-corrected chi connectivity index (χ1v) is 9.57. The van der Waals surface area contributed by atoms with Crippen molar-refractivity contribution in [2.45, 2.75) is 63.5 Å². The molecular weight excluding hydrogens is 278 g/mol. The highest BCUT2D eigenvalue weighted by Crippen LogP contribution is 2.30. The van der Waals surface area contributed by atoms with Gasteiger partial charge >= 0.3 is 0 Å². The molecule has 0 amide bonds. The van der Waals surface area contributed by atoms with Gasteiger partial charge in [-0.2, -0.15) is 11.8 Å². The van der Waals surface area contributed by atoms with Crippen LogP contribution in [0.25, 0.3) is 0 Å². The Labute approximate surface area is 132 Å². The fourth-order valence-corrected chi connectivity index (χ4v) is 4.64. The van der Waals surface area contributed by atoms with Crippen LogP contribution in [-0.4, -0.2) is 39.5 Å². The lowest BCUT2D eigenvalue weighted by atomic mass is 9.89. The third-order valence-electron chi connectivity index (χ3n) is 4.94. The molecule has 0 radical (unpaired) electrons. The molecule has 0 spiro atoms. The van der Waals surface area contributed by atoms with Gasteiger partial charge in [0, 0.05) is 36.5 Å². The van der Waals surface area contributed by atoms with Crippen molar-refractivity contribution in [1.82, 2.24) is 14.9 Å². The largest absolute Gasteiger partial charge is 0.299 e. The Kier molecular flexibility index (Phi) is 5.53. The van der Waals surface area contributed by atoms with Gasteiger partial charge in [0.15, 0.2) is 0 Å². The first-order valence-electron chi connectivity index (χ1n) is 8.42. The summed E-state index contributed by atoms with van der Waals surface area (Å²) in [6.07, 6.45) is 13.4. The molecule has 1 saturated heterocycles. The quantitative estimate of drug-likeness (QED) is 0.845.